The molecule has 1 aromatic carbocycles. The van der Waals surface area contributed by atoms with Crippen molar-refractivity contribution in [2.45, 2.75) is 19.7 Å². The molecule has 0 unspecified atom stereocenters. The van der Waals surface area contributed by atoms with Gasteiger partial charge in [0.1, 0.15) is 5.75 Å². The predicted octanol–water partition coefficient (Wildman–Crippen LogP) is 3.02. The van der Waals surface area contributed by atoms with E-state index in [4.69, 9.17) is 0 Å². The number of thiazole rings is 1. The molecule has 1 fully saturated rings. The van der Waals surface area contributed by atoms with Crippen LogP contribution in [-0.4, -0.2) is 59.1 Å². The quantitative estimate of drug-likeness (QED) is 0.793. The minimum atomic E-state index is -4.73. The molecule has 0 aliphatic carbocycles. The van der Waals surface area contributed by atoms with Crippen molar-refractivity contribution < 1.29 is 27.5 Å². The molecule has 0 saturated carbocycles. The fraction of sp³-hybridized carbons (Fsp3) is 0.389. The number of nitrogens with one attached hydrogen (secondary N) is 1. The highest BCUT2D eigenvalue weighted by atomic mass is 32.1. The third-order valence-corrected chi connectivity index (χ3v) is 5.11. The summed E-state index contributed by atoms with van der Waals surface area (Å²) < 4.78 is 40.4. The number of amides is 2. The average molecular weight is 428 g/mol. The van der Waals surface area contributed by atoms with Crippen LogP contribution in [0.25, 0.3) is 0 Å². The number of piperazine rings is 1. The number of halogens is 3. The molecule has 7 nitrogen and oxygen atoms in total. The SMILES string of the molecule is CC(=O)N1CCN(C(=O)Cc2csc(Nc3ccc(OC(F)(F)F)cc3)n2)CC1. The zero-order valence-corrected chi connectivity index (χ0v) is 16.3. The van der Waals surface area contributed by atoms with Gasteiger partial charge in [0, 0.05) is 44.2 Å². The Hall–Kier alpha value is -2.82. The molecule has 1 N–H and O–H groups in total. The fourth-order valence-electron chi connectivity index (χ4n) is 2.85. The number of aromatic nitrogens is 1. The summed E-state index contributed by atoms with van der Waals surface area (Å²) in [4.78, 5) is 31.5. The number of anilines is 2. The van der Waals surface area contributed by atoms with Gasteiger partial charge in [-0.15, -0.1) is 24.5 Å². The monoisotopic (exact) mass is 428 g/mol. The van der Waals surface area contributed by atoms with Gasteiger partial charge in [-0.05, 0) is 24.3 Å². The van der Waals surface area contributed by atoms with Crippen LogP contribution in [0.4, 0.5) is 24.0 Å². The molecule has 1 aliphatic rings. The van der Waals surface area contributed by atoms with Crippen LogP contribution in [0.15, 0.2) is 29.6 Å². The van der Waals surface area contributed by atoms with Gasteiger partial charge in [0.25, 0.3) is 0 Å². The van der Waals surface area contributed by atoms with Crippen LogP contribution < -0.4 is 10.1 Å². The van der Waals surface area contributed by atoms with E-state index >= 15 is 0 Å². The van der Waals surface area contributed by atoms with Crippen molar-refractivity contribution >= 4 is 34.0 Å². The smallest absolute Gasteiger partial charge is 0.406 e. The van der Waals surface area contributed by atoms with Crippen molar-refractivity contribution in [3.05, 3.63) is 35.3 Å². The first-order chi connectivity index (χ1) is 13.7. The standard InChI is InChI=1S/C18H19F3N4O3S/c1-12(26)24-6-8-25(9-7-24)16(27)10-14-11-29-17(23-14)22-13-2-4-15(5-3-13)28-18(19,20)21/h2-5,11H,6-10H2,1H3,(H,22,23). The average Bonchev–Trinajstić information content (AvgIpc) is 3.09. The van der Waals surface area contributed by atoms with Gasteiger partial charge in [0.05, 0.1) is 12.1 Å². The summed E-state index contributed by atoms with van der Waals surface area (Å²) >= 11 is 1.29. The first-order valence-corrected chi connectivity index (χ1v) is 9.68. The van der Waals surface area contributed by atoms with Crippen LogP contribution in [0.1, 0.15) is 12.6 Å². The van der Waals surface area contributed by atoms with Crippen molar-refractivity contribution in [3.8, 4) is 5.75 Å². The molecule has 29 heavy (non-hydrogen) atoms. The number of carbonyl (C=O) groups is 2. The summed E-state index contributed by atoms with van der Waals surface area (Å²) in [5.41, 5.74) is 1.15. The van der Waals surface area contributed by atoms with Crippen molar-refractivity contribution in [1.82, 2.24) is 14.8 Å². The highest BCUT2D eigenvalue weighted by Crippen LogP contribution is 2.26. The number of carbonyl (C=O) groups excluding carboxylic acids is 2. The maximum absolute atomic E-state index is 12.4. The zero-order chi connectivity index (χ0) is 21.0. The lowest BCUT2D eigenvalue weighted by molar-refractivity contribution is -0.274. The van der Waals surface area contributed by atoms with Crippen LogP contribution in [0.2, 0.25) is 0 Å². The number of hydrogen-bond donors (Lipinski definition) is 1. The maximum Gasteiger partial charge on any atom is 0.573 e. The Kier molecular flexibility index (Phi) is 6.26. The second-order valence-electron chi connectivity index (χ2n) is 6.40. The third-order valence-electron chi connectivity index (χ3n) is 4.30. The Labute approximate surface area is 169 Å². The highest BCUT2D eigenvalue weighted by Gasteiger charge is 2.31. The van der Waals surface area contributed by atoms with Crippen LogP contribution >= 0.6 is 11.3 Å². The molecule has 3 rings (SSSR count). The minimum absolute atomic E-state index is 0.00492. The van der Waals surface area contributed by atoms with Crippen LogP contribution in [-0.2, 0) is 16.0 Å². The lowest BCUT2D eigenvalue weighted by Crippen LogP contribution is -2.50. The van der Waals surface area contributed by atoms with Gasteiger partial charge in [-0.25, -0.2) is 4.98 Å². The Bertz CT molecular complexity index is 862. The van der Waals surface area contributed by atoms with Crippen LogP contribution in [0.5, 0.6) is 5.75 Å². The number of nitrogens with zero attached hydrogens (tertiary/aromatic N) is 3. The van der Waals surface area contributed by atoms with Crippen LogP contribution in [0.3, 0.4) is 0 Å². The lowest BCUT2D eigenvalue weighted by atomic mass is 10.2. The Morgan fingerprint density at radius 2 is 1.76 bits per heavy atom. The van der Waals surface area contributed by atoms with Gasteiger partial charge in [-0.3, -0.25) is 9.59 Å². The van der Waals surface area contributed by atoms with E-state index in [1.807, 2.05) is 0 Å². The first kappa shape index (κ1) is 20.9. The van der Waals surface area contributed by atoms with E-state index in [1.165, 1.54) is 42.5 Å². The van der Waals surface area contributed by atoms with Crippen molar-refractivity contribution in [1.29, 1.82) is 0 Å². The first-order valence-electron chi connectivity index (χ1n) is 8.80. The van der Waals surface area contributed by atoms with E-state index in [0.29, 0.717) is 42.7 Å². The molecular formula is C18H19F3N4O3S. The van der Waals surface area contributed by atoms with Crippen molar-refractivity contribution in [3.63, 3.8) is 0 Å². The molecule has 2 amide bonds. The second-order valence-corrected chi connectivity index (χ2v) is 7.26. The maximum atomic E-state index is 12.4. The molecule has 11 heteroatoms. The molecule has 0 radical (unpaired) electrons. The van der Waals surface area contributed by atoms with Gasteiger partial charge >= 0.3 is 6.36 Å². The van der Waals surface area contributed by atoms with Crippen LogP contribution in [0, 0.1) is 0 Å². The van der Waals surface area contributed by atoms with E-state index < -0.39 is 6.36 Å². The van der Waals surface area contributed by atoms with E-state index in [9.17, 15) is 22.8 Å². The number of rotatable bonds is 5. The predicted molar refractivity (Wildman–Crippen MR) is 101 cm³/mol. The fourth-order valence-corrected chi connectivity index (χ4v) is 3.58. The van der Waals surface area contributed by atoms with Gasteiger partial charge in [0.2, 0.25) is 11.8 Å². The Balaban J connectivity index is 1.52. The molecular weight excluding hydrogens is 409 g/mol. The summed E-state index contributed by atoms with van der Waals surface area (Å²) in [5, 5.41) is 5.27. The molecule has 0 spiro atoms. The minimum Gasteiger partial charge on any atom is -0.406 e. The number of ether oxygens (including phenoxy) is 1. The molecule has 1 aromatic heterocycles. The van der Waals surface area contributed by atoms with Gasteiger partial charge in [-0.1, -0.05) is 0 Å². The van der Waals surface area contributed by atoms with Gasteiger partial charge in [-0.2, -0.15) is 0 Å². The lowest BCUT2D eigenvalue weighted by Gasteiger charge is -2.34. The molecule has 2 heterocycles. The normalized spacial score (nSPS) is 14.6. The zero-order valence-electron chi connectivity index (χ0n) is 15.5. The Morgan fingerprint density at radius 3 is 2.34 bits per heavy atom. The highest BCUT2D eigenvalue weighted by molar-refractivity contribution is 7.13. The third kappa shape index (κ3) is 6.08. The summed E-state index contributed by atoms with van der Waals surface area (Å²) in [6.45, 7) is 3.57. The molecule has 0 bridgehead atoms. The van der Waals surface area contributed by atoms with E-state index in [0.717, 1.165) is 0 Å². The number of benzene rings is 1. The van der Waals surface area contributed by atoms with Gasteiger partial charge < -0.3 is 19.9 Å². The molecule has 0 atom stereocenters. The largest absolute Gasteiger partial charge is 0.573 e. The van der Waals surface area contributed by atoms with Crippen molar-refractivity contribution in [2.75, 3.05) is 31.5 Å². The number of alkyl halides is 3. The number of hydrogen-bond acceptors (Lipinski definition) is 6. The van der Waals surface area contributed by atoms with E-state index in [1.54, 1.807) is 15.2 Å². The molecule has 156 valence electrons. The summed E-state index contributed by atoms with van der Waals surface area (Å²) in [6.07, 6.45) is -4.58. The molecule has 1 saturated heterocycles. The van der Waals surface area contributed by atoms with E-state index in [-0.39, 0.29) is 24.0 Å². The Morgan fingerprint density at radius 1 is 1.14 bits per heavy atom. The summed E-state index contributed by atoms with van der Waals surface area (Å²) in [6, 6.07) is 5.30. The van der Waals surface area contributed by atoms with Gasteiger partial charge in [0.15, 0.2) is 5.13 Å². The molecule has 1 aliphatic heterocycles. The topological polar surface area (TPSA) is 74.8 Å². The van der Waals surface area contributed by atoms with E-state index in [2.05, 4.69) is 15.0 Å². The molecule has 2 aromatic rings. The summed E-state index contributed by atoms with van der Waals surface area (Å²) in [7, 11) is 0. The second kappa shape index (κ2) is 8.68. The summed E-state index contributed by atoms with van der Waals surface area (Å²) in [5.74, 6) is -0.359. The van der Waals surface area contributed by atoms with Crippen molar-refractivity contribution in [2.24, 2.45) is 0 Å².